The van der Waals surface area contributed by atoms with Crippen molar-refractivity contribution in [3.05, 3.63) is 42.5 Å². The lowest BCUT2D eigenvalue weighted by Gasteiger charge is -2.06. The first-order valence-electron chi connectivity index (χ1n) is 5.60. The zero-order valence-corrected chi connectivity index (χ0v) is 10.3. The SMILES string of the molecule is Cc1ccc(NC(=O)/C(Cn2cncn2)=N\O)cc1. The van der Waals surface area contributed by atoms with Crippen molar-refractivity contribution in [2.45, 2.75) is 13.5 Å². The molecule has 1 amide bonds. The number of benzene rings is 1. The number of hydrogen-bond donors (Lipinski definition) is 2. The maximum atomic E-state index is 11.9. The topological polar surface area (TPSA) is 92.4 Å². The molecule has 0 saturated heterocycles. The van der Waals surface area contributed by atoms with E-state index in [4.69, 9.17) is 5.21 Å². The number of aromatic nitrogens is 3. The third kappa shape index (κ3) is 3.38. The highest BCUT2D eigenvalue weighted by atomic mass is 16.4. The van der Waals surface area contributed by atoms with Gasteiger partial charge in [-0.1, -0.05) is 22.9 Å². The lowest BCUT2D eigenvalue weighted by Crippen LogP contribution is -2.27. The second-order valence-corrected chi connectivity index (χ2v) is 3.96. The molecule has 0 unspecified atom stereocenters. The van der Waals surface area contributed by atoms with Crippen molar-refractivity contribution in [2.24, 2.45) is 5.16 Å². The van der Waals surface area contributed by atoms with Gasteiger partial charge in [0.05, 0.1) is 6.54 Å². The smallest absolute Gasteiger partial charge is 0.275 e. The molecular formula is C12H13N5O2. The lowest BCUT2D eigenvalue weighted by molar-refractivity contribution is -0.110. The first kappa shape index (κ1) is 12.7. The molecule has 0 spiro atoms. The summed E-state index contributed by atoms with van der Waals surface area (Å²) in [6.07, 6.45) is 2.78. The number of anilines is 1. The molecule has 0 saturated carbocycles. The number of carbonyl (C=O) groups is 1. The number of aryl methyl sites for hydroxylation is 1. The largest absolute Gasteiger partial charge is 0.410 e. The van der Waals surface area contributed by atoms with E-state index in [1.54, 1.807) is 12.1 Å². The summed E-state index contributed by atoms with van der Waals surface area (Å²) >= 11 is 0. The van der Waals surface area contributed by atoms with Crippen LogP contribution in [0.1, 0.15) is 5.56 Å². The van der Waals surface area contributed by atoms with Crippen LogP contribution >= 0.6 is 0 Å². The Morgan fingerprint density at radius 1 is 1.42 bits per heavy atom. The molecular weight excluding hydrogens is 246 g/mol. The molecule has 1 aromatic heterocycles. The van der Waals surface area contributed by atoms with Gasteiger partial charge in [-0.25, -0.2) is 9.67 Å². The van der Waals surface area contributed by atoms with Crippen molar-refractivity contribution in [3.8, 4) is 0 Å². The van der Waals surface area contributed by atoms with Crippen molar-refractivity contribution in [2.75, 3.05) is 5.32 Å². The van der Waals surface area contributed by atoms with E-state index in [1.807, 2.05) is 19.1 Å². The van der Waals surface area contributed by atoms with Crippen molar-refractivity contribution < 1.29 is 10.0 Å². The number of hydrogen-bond acceptors (Lipinski definition) is 5. The number of nitrogens with zero attached hydrogens (tertiary/aromatic N) is 4. The molecule has 19 heavy (non-hydrogen) atoms. The highest BCUT2D eigenvalue weighted by molar-refractivity contribution is 6.42. The van der Waals surface area contributed by atoms with Crippen molar-refractivity contribution >= 4 is 17.3 Å². The van der Waals surface area contributed by atoms with Gasteiger partial charge in [0.25, 0.3) is 5.91 Å². The maximum absolute atomic E-state index is 11.9. The van der Waals surface area contributed by atoms with E-state index >= 15 is 0 Å². The van der Waals surface area contributed by atoms with Gasteiger partial charge >= 0.3 is 0 Å². The second-order valence-electron chi connectivity index (χ2n) is 3.96. The minimum absolute atomic E-state index is 0.0498. The zero-order valence-electron chi connectivity index (χ0n) is 10.3. The quantitative estimate of drug-likeness (QED) is 0.487. The fourth-order valence-electron chi connectivity index (χ4n) is 1.46. The van der Waals surface area contributed by atoms with Gasteiger partial charge in [0.15, 0.2) is 5.71 Å². The third-order valence-electron chi connectivity index (χ3n) is 2.47. The predicted molar refractivity (Wildman–Crippen MR) is 69.1 cm³/mol. The molecule has 0 atom stereocenters. The molecule has 7 nitrogen and oxygen atoms in total. The first-order chi connectivity index (χ1) is 9.19. The number of amides is 1. The Morgan fingerprint density at radius 3 is 2.74 bits per heavy atom. The molecule has 0 fully saturated rings. The molecule has 1 aromatic carbocycles. The summed E-state index contributed by atoms with van der Waals surface area (Å²) in [4.78, 5) is 15.6. The second kappa shape index (κ2) is 5.76. The monoisotopic (exact) mass is 259 g/mol. The summed E-state index contributed by atoms with van der Waals surface area (Å²) in [6, 6.07) is 7.31. The molecule has 7 heteroatoms. The predicted octanol–water partition coefficient (Wildman–Crippen LogP) is 1.06. The Morgan fingerprint density at radius 2 is 2.16 bits per heavy atom. The van der Waals surface area contributed by atoms with Gasteiger partial charge in [-0.15, -0.1) is 0 Å². The van der Waals surface area contributed by atoms with Crippen LogP contribution in [0.15, 0.2) is 42.1 Å². The Hall–Kier alpha value is -2.70. The molecule has 1 heterocycles. The molecule has 2 rings (SSSR count). The molecule has 0 bridgehead atoms. The van der Waals surface area contributed by atoms with Crippen LogP contribution in [0.5, 0.6) is 0 Å². The summed E-state index contributed by atoms with van der Waals surface area (Å²) in [5.74, 6) is -0.484. The van der Waals surface area contributed by atoms with Gasteiger partial charge < -0.3 is 10.5 Å². The van der Waals surface area contributed by atoms with Crippen molar-refractivity contribution in [3.63, 3.8) is 0 Å². The molecule has 2 N–H and O–H groups in total. The minimum atomic E-state index is -0.484. The van der Waals surface area contributed by atoms with E-state index in [0.717, 1.165) is 5.56 Å². The Labute approximate surface area is 109 Å². The fraction of sp³-hybridized carbons (Fsp3) is 0.167. The van der Waals surface area contributed by atoms with Crippen LogP contribution in [0, 0.1) is 6.92 Å². The Kier molecular flexibility index (Phi) is 3.87. The molecule has 98 valence electrons. The highest BCUT2D eigenvalue weighted by Crippen LogP contribution is 2.08. The van der Waals surface area contributed by atoms with E-state index in [2.05, 4.69) is 20.6 Å². The van der Waals surface area contributed by atoms with Crippen LogP contribution in [-0.4, -0.2) is 31.6 Å². The van der Waals surface area contributed by atoms with E-state index in [-0.39, 0.29) is 12.3 Å². The van der Waals surface area contributed by atoms with E-state index in [0.29, 0.717) is 5.69 Å². The number of nitrogens with one attached hydrogen (secondary N) is 1. The van der Waals surface area contributed by atoms with Gasteiger partial charge in [0.1, 0.15) is 12.7 Å². The highest BCUT2D eigenvalue weighted by Gasteiger charge is 2.13. The Bertz CT molecular complexity index is 575. The van der Waals surface area contributed by atoms with Gasteiger partial charge in [-0.2, -0.15) is 5.10 Å². The van der Waals surface area contributed by atoms with Crippen molar-refractivity contribution in [1.29, 1.82) is 0 Å². The number of carbonyl (C=O) groups excluding carboxylic acids is 1. The molecule has 0 radical (unpaired) electrons. The summed E-state index contributed by atoms with van der Waals surface area (Å²) in [6.45, 7) is 2.01. The third-order valence-corrected chi connectivity index (χ3v) is 2.47. The summed E-state index contributed by atoms with van der Waals surface area (Å²) < 4.78 is 1.39. The van der Waals surface area contributed by atoms with E-state index < -0.39 is 5.91 Å². The van der Waals surface area contributed by atoms with Crippen LogP contribution in [0.3, 0.4) is 0 Å². The molecule has 0 aliphatic carbocycles. The van der Waals surface area contributed by atoms with Gasteiger partial charge in [-0.05, 0) is 19.1 Å². The average Bonchev–Trinajstić information content (AvgIpc) is 2.91. The van der Waals surface area contributed by atoms with Gasteiger partial charge in [0.2, 0.25) is 0 Å². The number of oxime groups is 1. The first-order valence-corrected chi connectivity index (χ1v) is 5.60. The van der Waals surface area contributed by atoms with Gasteiger partial charge in [0, 0.05) is 5.69 Å². The normalized spacial score (nSPS) is 11.3. The van der Waals surface area contributed by atoms with Gasteiger partial charge in [-0.3, -0.25) is 4.79 Å². The fourth-order valence-corrected chi connectivity index (χ4v) is 1.46. The minimum Gasteiger partial charge on any atom is -0.410 e. The maximum Gasteiger partial charge on any atom is 0.275 e. The summed E-state index contributed by atoms with van der Waals surface area (Å²) in [7, 11) is 0. The van der Waals surface area contributed by atoms with Crippen LogP contribution in [0.4, 0.5) is 5.69 Å². The molecule has 2 aromatic rings. The van der Waals surface area contributed by atoms with E-state index in [1.165, 1.54) is 17.3 Å². The summed E-state index contributed by atoms with van der Waals surface area (Å²) in [5, 5.41) is 18.4. The Balaban J connectivity index is 2.03. The summed E-state index contributed by atoms with van der Waals surface area (Å²) in [5.41, 5.74) is 1.68. The van der Waals surface area contributed by atoms with E-state index in [9.17, 15) is 4.79 Å². The van der Waals surface area contributed by atoms with Crippen LogP contribution in [-0.2, 0) is 11.3 Å². The van der Waals surface area contributed by atoms with Crippen LogP contribution in [0.2, 0.25) is 0 Å². The average molecular weight is 259 g/mol. The zero-order chi connectivity index (χ0) is 13.7. The number of rotatable bonds is 4. The standard InChI is InChI=1S/C12H13N5O2/c1-9-2-4-10(5-3-9)15-12(18)11(16-19)6-17-8-13-7-14-17/h2-5,7-8,19H,6H2,1H3,(H,15,18)/b16-11-. The van der Waals surface area contributed by atoms with Crippen molar-refractivity contribution in [1.82, 2.24) is 14.8 Å². The molecule has 0 aliphatic heterocycles. The van der Waals surface area contributed by atoms with Crippen LogP contribution in [0.25, 0.3) is 0 Å². The molecule has 0 aliphatic rings. The lowest BCUT2D eigenvalue weighted by atomic mass is 10.2. The van der Waals surface area contributed by atoms with Crippen LogP contribution < -0.4 is 5.32 Å².